The Labute approximate surface area is 127 Å². The monoisotopic (exact) mass is 305 g/mol. The van der Waals surface area contributed by atoms with Crippen molar-refractivity contribution in [3.05, 3.63) is 47.6 Å². The molecular formula is C14H15N3O3S. The van der Waals surface area contributed by atoms with Crippen LogP contribution in [0.4, 0.5) is 4.79 Å². The number of hydrogen-bond acceptors (Lipinski definition) is 5. The number of thiocarbonyl (C=S) groups is 1. The zero-order valence-corrected chi connectivity index (χ0v) is 12.3. The van der Waals surface area contributed by atoms with E-state index in [-0.39, 0.29) is 5.11 Å². The number of allylic oxidation sites excluding steroid dienone is 4. The van der Waals surface area contributed by atoms with Gasteiger partial charge in [-0.2, -0.15) is 0 Å². The number of nitrogens with one attached hydrogen (secondary N) is 3. The fourth-order valence-corrected chi connectivity index (χ4v) is 2.08. The Balaban J connectivity index is 2.15. The predicted octanol–water partition coefficient (Wildman–Crippen LogP) is 2.29. The molecule has 110 valence electrons. The number of ether oxygens (including phenoxy) is 1. The standard InChI is InChI=1S/C14H15N3O3S/c1-19-14(18)17-13(21)16-12-9(4-2-6-11(12)15)8-10-5-3-7-20-10/h2-5,7,15H,6,8H2,1H3,(H2,16,17,18,21). The van der Waals surface area contributed by atoms with Crippen LogP contribution in [0.5, 0.6) is 0 Å². The molecule has 2 rings (SSSR count). The van der Waals surface area contributed by atoms with Gasteiger partial charge >= 0.3 is 6.09 Å². The average Bonchev–Trinajstić information content (AvgIpc) is 2.95. The topological polar surface area (TPSA) is 87.3 Å². The fourth-order valence-electron chi connectivity index (χ4n) is 1.89. The van der Waals surface area contributed by atoms with Gasteiger partial charge in [-0.25, -0.2) is 4.79 Å². The minimum absolute atomic E-state index is 0.0915. The van der Waals surface area contributed by atoms with Crippen molar-refractivity contribution in [2.45, 2.75) is 12.8 Å². The van der Waals surface area contributed by atoms with Crippen molar-refractivity contribution >= 4 is 29.1 Å². The van der Waals surface area contributed by atoms with Crippen LogP contribution in [0.15, 0.2) is 46.2 Å². The number of furan rings is 1. The Hall–Kier alpha value is -2.41. The normalized spacial score (nSPS) is 14.0. The van der Waals surface area contributed by atoms with Gasteiger partial charge in [0.2, 0.25) is 0 Å². The summed E-state index contributed by atoms with van der Waals surface area (Å²) in [5.41, 5.74) is 1.85. The van der Waals surface area contributed by atoms with E-state index < -0.39 is 6.09 Å². The number of hydrogen-bond donors (Lipinski definition) is 3. The lowest BCUT2D eigenvalue weighted by atomic mass is 9.98. The van der Waals surface area contributed by atoms with E-state index in [0.717, 1.165) is 11.3 Å². The summed E-state index contributed by atoms with van der Waals surface area (Å²) in [6, 6.07) is 3.67. The molecule has 0 atom stereocenters. The molecule has 3 N–H and O–H groups in total. The number of amides is 1. The van der Waals surface area contributed by atoms with E-state index in [0.29, 0.717) is 24.3 Å². The number of methoxy groups -OCH3 is 1. The smallest absolute Gasteiger partial charge is 0.413 e. The Morgan fingerprint density at radius 3 is 3.05 bits per heavy atom. The van der Waals surface area contributed by atoms with Crippen LogP contribution in [0.3, 0.4) is 0 Å². The summed E-state index contributed by atoms with van der Waals surface area (Å²) in [5.74, 6) is 0.787. The molecule has 21 heavy (non-hydrogen) atoms. The highest BCUT2D eigenvalue weighted by molar-refractivity contribution is 7.80. The molecule has 6 nitrogen and oxygen atoms in total. The van der Waals surface area contributed by atoms with Crippen LogP contribution >= 0.6 is 12.2 Å². The fraction of sp³-hybridized carbons (Fsp3) is 0.214. The first kappa shape index (κ1) is 15.0. The molecule has 1 amide bonds. The number of alkyl carbamates (subject to hydrolysis) is 1. The van der Waals surface area contributed by atoms with Crippen molar-refractivity contribution in [2.24, 2.45) is 0 Å². The summed E-state index contributed by atoms with van der Waals surface area (Å²) in [5, 5.41) is 13.3. The van der Waals surface area contributed by atoms with Crippen molar-refractivity contribution in [3.63, 3.8) is 0 Å². The van der Waals surface area contributed by atoms with E-state index in [1.165, 1.54) is 7.11 Å². The molecule has 0 aromatic carbocycles. The van der Waals surface area contributed by atoms with Gasteiger partial charge in [-0.1, -0.05) is 12.2 Å². The second-order valence-electron chi connectivity index (χ2n) is 4.31. The molecule has 1 aliphatic carbocycles. The molecule has 7 heteroatoms. The van der Waals surface area contributed by atoms with Gasteiger partial charge in [0.25, 0.3) is 0 Å². The summed E-state index contributed by atoms with van der Waals surface area (Å²) in [7, 11) is 1.25. The third-order valence-corrected chi connectivity index (χ3v) is 3.05. The van der Waals surface area contributed by atoms with Crippen LogP contribution in [-0.2, 0) is 11.2 Å². The van der Waals surface area contributed by atoms with Crippen LogP contribution in [0.25, 0.3) is 0 Å². The number of rotatable bonds is 3. The molecule has 0 radical (unpaired) electrons. The first-order valence-corrected chi connectivity index (χ1v) is 6.66. The van der Waals surface area contributed by atoms with Crippen LogP contribution in [-0.4, -0.2) is 24.0 Å². The second-order valence-corrected chi connectivity index (χ2v) is 4.72. The Morgan fingerprint density at radius 2 is 2.38 bits per heavy atom. The van der Waals surface area contributed by atoms with Crippen molar-refractivity contribution < 1.29 is 13.9 Å². The maximum atomic E-state index is 11.1. The van der Waals surface area contributed by atoms with Gasteiger partial charge in [0.15, 0.2) is 5.11 Å². The van der Waals surface area contributed by atoms with Crippen molar-refractivity contribution in [1.82, 2.24) is 10.6 Å². The molecule has 0 saturated carbocycles. The molecule has 0 spiro atoms. The maximum Gasteiger partial charge on any atom is 0.413 e. The summed E-state index contributed by atoms with van der Waals surface area (Å²) < 4.78 is 9.79. The lowest BCUT2D eigenvalue weighted by Crippen LogP contribution is -2.41. The average molecular weight is 305 g/mol. The first-order valence-electron chi connectivity index (χ1n) is 6.26. The van der Waals surface area contributed by atoms with Crippen LogP contribution in [0, 0.1) is 5.41 Å². The van der Waals surface area contributed by atoms with Crippen LogP contribution in [0.1, 0.15) is 12.2 Å². The molecule has 1 aromatic rings. The molecular weight excluding hydrogens is 290 g/mol. The van der Waals surface area contributed by atoms with E-state index in [9.17, 15) is 4.79 Å². The number of carbonyl (C=O) groups excluding carboxylic acids is 1. The van der Waals surface area contributed by atoms with Gasteiger partial charge in [0.1, 0.15) is 5.76 Å². The van der Waals surface area contributed by atoms with E-state index >= 15 is 0 Å². The molecule has 1 aliphatic rings. The highest BCUT2D eigenvalue weighted by Gasteiger charge is 2.17. The molecule has 0 unspecified atom stereocenters. The zero-order chi connectivity index (χ0) is 15.2. The Kier molecular flexibility index (Phi) is 4.89. The second kappa shape index (κ2) is 6.85. The van der Waals surface area contributed by atoms with Gasteiger partial charge in [-0.15, -0.1) is 0 Å². The summed E-state index contributed by atoms with van der Waals surface area (Å²) in [6.45, 7) is 0. The maximum absolute atomic E-state index is 11.1. The van der Waals surface area contributed by atoms with Gasteiger partial charge in [-0.05, 0) is 29.9 Å². The Bertz CT molecular complexity index is 617. The third-order valence-electron chi connectivity index (χ3n) is 2.85. The number of carbonyl (C=O) groups is 1. The zero-order valence-electron chi connectivity index (χ0n) is 11.4. The van der Waals surface area contributed by atoms with Crippen molar-refractivity contribution in [1.29, 1.82) is 5.41 Å². The van der Waals surface area contributed by atoms with Crippen molar-refractivity contribution in [2.75, 3.05) is 7.11 Å². The Morgan fingerprint density at radius 1 is 1.57 bits per heavy atom. The van der Waals surface area contributed by atoms with E-state index in [4.69, 9.17) is 22.0 Å². The molecule has 1 heterocycles. The van der Waals surface area contributed by atoms with Gasteiger partial charge < -0.3 is 19.9 Å². The summed E-state index contributed by atoms with van der Waals surface area (Å²) in [6.07, 6.45) is 5.81. The van der Waals surface area contributed by atoms with Crippen LogP contribution in [0.2, 0.25) is 0 Å². The molecule has 0 bridgehead atoms. The SMILES string of the molecule is COC(=O)NC(=S)NC1=C(Cc2ccco2)C=CCC1=N. The summed E-state index contributed by atoms with van der Waals surface area (Å²) >= 11 is 5.03. The first-order chi connectivity index (χ1) is 10.1. The minimum Gasteiger partial charge on any atom is -0.469 e. The van der Waals surface area contributed by atoms with Gasteiger partial charge in [-0.3, -0.25) is 5.32 Å². The van der Waals surface area contributed by atoms with E-state index in [1.54, 1.807) is 6.26 Å². The largest absolute Gasteiger partial charge is 0.469 e. The van der Waals surface area contributed by atoms with E-state index in [2.05, 4.69) is 15.4 Å². The predicted molar refractivity (Wildman–Crippen MR) is 82.2 cm³/mol. The highest BCUT2D eigenvalue weighted by Crippen LogP contribution is 2.19. The van der Waals surface area contributed by atoms with E-state index in [1.807, 2.05) is 24.3 Å². The molecule has 1 aromatic heterocycles. The lowest BCUT2D eigenvalue weighted by Gasteiger charge is -2.19. The van der Waals surface area contributed by atoms with Gasteiger partial charge in [0, 0.05) is 12.8 Å². The third kappa shape index (κ3) is 4.03. The molecule has 0 saturated heterocycles. The quantitative estimate of drug-likeness (QED) is 0.746. The molecule has 0 aliphatic heterocycles. The minimum atomic E-state index is -0.654. The lowest BCUT2D eigenvalue weighted by molar-refractivity contribution is 0.177. The van der Waals surface area contributed by atoms with Gasteiger partial charge in [0.05, 0.1) is 24.8 Å². The van der Waals surface area contributed by atoms with Crippen LogP contribution < -0.4 is 10.6 Å². The highest BCUT2D eigenvalue weighted by atomic mass is 32.1. The molecule has 0 fully saturated rings. The van der Waals surface area contributed by atoms with Crippen molar-refractivity contribution in [3.8, 4) is 0 Å². The summed E-state index contributed by atoms with van der Waals surface area (Å²) in [4.78, 5) is 11.1.